The van der Waals surface area contributed by atoms with Gasteiger partial charge in [0.25, 0.3) is 0 Å². The van der Waals surface area contributed by atoms with Crippen LogP contribution in [0.4, 0.5) is 0 Å². The molecule has 0 radical (unpaired) electrons. The molecule has 0 saturated heterocycles. The maximum absolute atomic E-state index is 12.0. The zero-order valence-corrected chi connectivity index (χ0v) is 12.5. The summed E-state index contributed by atoms with van der Waals surface area (Å²) in [5, 5.41) is 0. The second-order valence-corrected chi connectivity index (χ2v) is 5.62. The molecule has 0 aliphatic heterocycles. The largest absolute Gasteiger partial charge is 0.435 e. The molecule has 0 bridgehead atoms. The van der Waals surface area contributed by atoms with Crippen LogP contribution >= 0.6 is 0 Å². The quantitative estimate of drug-likeness (QED) is 0.408. The van der Waals surface area contributed by atoms with Crippen LogP contribution in [0.15, 0.2) is 11.6 Å². The molecule has 2 rings (SSSR count). The number of hydrogen-bond donors (Lipinski definition) is 0. The van der Waals surface area contributed by atoms with Gasteiger partial charge in [0.1, 0.15) is 6.61 Å². The van der Waals surface area contributed by atoms with E-state index in [-0.39, 0.29) is 19.4 Å². The monoisotopic (exact) mass is 284 g/mol. The van der Waals surface area contributed by atoms with E-state index >= 15 is 0 Å². The van der Waals surface area contributed by atoms with Crippen LogP contribution in [-0.4, -0.2) is 39.4 Å². The molecule has 2 aliphatic rings. The van der Waals surface area contributed by atoms with E-state index in [0.29, 0.717) is 11.8 Å². The third-order valence-electron chi connectivity index (χ3n) is 4.46. The summed E-state index contributed by atoms with van der Waals surface area (Å²) in [6.45, 7) is 1.89. The number of esters is 1. The Morgan fingerprint density at radius 2 is 2.05 bits per heavy atom. The minimum absolute atomic E-state index is 0.0735. The molecule has 2 unspecified atom stereocenters. The molecule has 20 heavy (non-hydrogen) atoms. The Morgan fingerprint density at radius 3 is 2.65 bits per heavy atom. The predicted octanol–water partition coefficient (Wildman–Crippen LogP) is 2.26. The van der Waals surface area contributed by atoms with Gasteiger partial charge < -0.3 is 18.9 Å². The van der Waals surface area contributed by atoms with Gasteiger partial charge in [-0.15, -0.1) is 0 Å². The van der Waals surface area contributed by atoms with Gasteiger partial charge in [-0.05, 0) is 44.4 Å². The molecule has 0 amide bonds. The van der Waals surface area contributed by atoms with E-state index in [4.69, 9.17) is 18.9 Å². The zero-order chi connectivity index (χ0) is 14.6. The van der Waals surface area contributed by atoms with Gasteiger partial charge in [-0.3, -0.25) is 0 Å². The molecule has 0 heterocycles. The summed E-state index contributed by atoms with van der Waals surface area (Å²) in [5.41, 5.74) is 0.845. The van der Waals surface area contributed by atoms with Crippen molar-refractivity contribution in [1.82, 2.24) is 0 Å². The smallest absolute Gasteiger partial charge is 0.336 e. The maximum atomic E-state index is 12.0. The third kappa shape index (κ3) is 3.40. The Labute approximate surface area is 120 Å². The van der Waals surface area contributed by atoms with E-state index in [2.05, 4.69) is 0 Å². The number of fused-ring (bicyclic) bond motifs is 1. The summed E-state index contributed by atoms with van der Waals surface area (Å²) in [4.78, 5) is 12.0. The Balaban J connectivity index is 1.72. The topological polar surface area (TPSA) is 54.0 Å². The summed E-state index contributed by atoms with van der Waals surface area (Å²) in [6, 6.07) is 0. The number of methoxy groups -OCH3 is 2. The number of rotatable bonds is 7. The Hall–Kier alpha value is -0.910. The molecule has 0 N–H and O–H groups in total. The maximum Gasteiger partial charge on any atom is 0.336 e. The number of ether oxygens (including phenoxy) is 4. The number of carbonyl (C=O) groups excluding carboxylic acids is 1. The van der Waals surface area contributed by atoms with Gasteiger partial charge in [0.05, 0.1) is 0 Å². The molecule has 1 fully saturated rings. The summed E-state index contributed by atoms with van der Waals surface area (Å²) < 4.78 is 20.8. The lowest BCUT2D eigenvalue weighted by molar-refractivity contribution is -0.234. The molecule has 2 aliphatic carbocycles. The number of hydrogen-bond acceptors (Lipinski definition) is 5. The SMILES string of the molecule is COC(C)(COCOC(=O)C1=CCCC2CCC12)OC. The molecular formula is C15H24O5. The van der Waals surface area contributed by atoms with Crippen LogP contribution in [0.3, 0.4) is 0 Å². The van der Waals surface area contributed by atoms with Crippen molar-refractivity contribution in [3.05, 3.63) is 11.6 Å². The Bertz CT molecular complexity index is 372. The average molecular weight is 284 g/mol. The number of carbonyl (C=O) groups is 1. The highest BCUT2D eigenvalue weighted by molar-refractivity contribution is 5.89. The van der Waals surface area contributed by atoms with Gasteiger partial charge in [0, 0.05) is 19.8 Å². The normalized spacial score (nSPS) is 25.4. The predicted molar refractivity (Wildman–Crippen MR) is 72.9 cm³/mol. The van der Waals surface area contributed by atoms with Crippen molar-refractivity contribution in [1.29, 1.82) is 0 Å². The second kappa shape index (κ2) is 6.70. The molecule has 0 aromatic heterocycles. The molecular weight excluding hydrogens is 260 g/mol. The standard InChI is InChI=1S/C15H24O5/c1-15(17-2,18-3)9-19-10-20-14(16)13-6-4-5-11-7-8-12(11)13/h6,11-12H,4-5,7-10H2,1-3H3. The molecule has 2 atom stereocenters. The first-order chi connectivity index (χ1) is 9.59. The van der Waals surface area contributed by atoms with E-state index in [9.17, 15) is 4.79 Å². The van der Waals surface area contributed by atoms with Crippen molar-refractivity contribution in [2.75, 3.05) is 27.6 Å². The van der Waals surface area contributed by atoms with Crippen LogP contribution in [0.5, 0.6) is 0 Å². The highest BCUT2D eigenvalue weighted by Crippen LogP contribution is 2.45. The minimum Gasteiger partial charge on any atom is -0.435 e. The summed E-state index contributed by atoms with van der Waals surface area (Å²) >= 11 is 0. The Morgan fingerprint density at radius 1 is 1.30 bits per heavy atom. The van der Waals surface area contributed by atoms with Crippen molar-refractivity contribution in [2.45, 2.75) is 38.4 Å². The third-order valence-corrected chi connectivity index (χ3v) is 4.46. The lowest BCUT2D eigenvalue weighted by Gasteiger charge is -2.40. The molecule has 0 aromatic carbocycles. The fourth-order valence-electron chi connectivity index (χ4n) is 2.77. The molecule has 5 heteroatoms. The first kappa shape index (κ1) is 15.5. The lowest BCUT2D eigenvalue weighted by Crippen LogP contribution is -2.36. The van der Waals surface area contributed by atoms with E-state index in [1.54, 1.807) is 21.1 Å². The van der Waals surface area contributed by atoms with Gasteiger partial charge in [-0.25, -0.2) is 4.79 Å². The van der Waals surface area contributed by atoms with Gasteiger partial charge in [0.2, 0.25) is 0 Å². The van der Waals surface area contributed by atoms with Crippen LogP contribution in [-0.2, 0) is 23.7 Å². The van der Waals surface area contributed by atoms with Crippen molar-refractivity contribution >= 4 is 5.97 Å². The van der Waals surface area contributed by atoms with Crippen LogP contribution < -0.4 is 0 Å². The fourth-order valence-corrected chi connectivity index (χ4v) is 2.77. The van der Waals surface area contributed by atoms with Crippen LogP contribution in [0, 0.1) is 11.8 Å². The molecule has 1 saturated carbocycles. The van der Waals surface area contributed by atoms with Crippen LogP contribution in [0.1, 0.15) is 32.6 Å². The number of allylic oxidation sites excluding steroid dienone is 1. The molecule has 114 valence electrons. The van der Waals surface area contributed by atoms with Gasteiger partial charge >= 0.3 is 5.97 Å². The Kier molecular flexibility index (Phi) is 5.18. The highest BCUT2D eigenvalue weighted by Gasteiger charge is 2.38. The van der Waals surface area contributed by atoms with E-state index in [0.717, 1.165) is 18.4 Å². The van der Waals surface area contributed by atoms with E-state index in [1.807, 2.05) is 6.08 Å². The minimum atomic E-state index is -0.810. The fraction of sp³-hybridized carbons (Fsp3) is 0.800. The first-order valence-electron chi connectivity index (χ1n) is 7.15. The average Bonchev–Trinajstić information content (AvgIpc) is 2.44. The summed E-state index contributed by atoms with van der Waals surface area (Å²) in [7, 11) is 3.09. The van der Waals surface area contributed by atoms with Crippen molar-refractivity contribution in [2.24, 2.45) is 11.8 Å². The van der Waals surface area contributed by atoms with Gasteiger partial charge in [0.15, 0.2) is 12.6 Å². The highest BCUT2D eigenvalue weighted by atomic mass is 16.7. The van der Waals surface area contributed by atoms with E-state index < -0.39 is 5.79 Å². The summed E-state index contributed by atoms with van der Waals surface area (Å²) in [5.74, 6) is 0.0550. The molecule has 0 aromatic rings. The van der Waals surface area contributed by atoms with E-state index in [1.165, 1.54) is 12.8 Å². The second-order valence-electron chi connectivity index (χ2n) is 5.62. The zero-order valence-electron chi connectivity index (χ0n) is 12.5. The van der Waals surface area contributed by atoms with Crippen molar-refractivity contribution in [3.8, 4) is 0 Å². The van der Waals surface area contributed by atoms with Gasteiger partial charge in [-0.1, -0.05) is 6.08 Å². The molecule has 0 spiro atoms. The van der Waals surface area contributed by atoms with Crippen LogP contribution in [0.25, 0.3) is 0 Å². The van der Waals surface area contributed by atoms with Crippen molar-refractivity contribution < 1.29 is 23.7 Å². The summed E-state index contributed by atoms with van der Waals surface area (Å²) in [6.07, 6.45) is 6.57. The van der Waals surface area contributed by atoms with Crippen molar-refractivity contribution in [3.63, 3.8) is 0 Å². The van der Waals surface area contributed by atoms with Crippen LogP contribution in [0.2, 0.25) is 0 Å². The lowest BCUT2D eigenvalue weighted by atomic mass is 9.65. The first-order valence-corrected chi connectivity index (χ1v) is 7.15. The van der Waals surface area contributed by atoms with Gasteiger partial charge in [-0.2, -0.15) is 0 Å². The molecule has 5 nitrogen and oxygen atoms in total.